The fraction of sp³-hybridized carbons (Fsp3) is 0.0870. The zero-order valence-corrected chi connectivity index (χ0v) is 16.8. The van der Waals surface area contributed by atoms with Crippen LogP contribution in [-0.2, 0) is 4.57 Å². The first-order chi connectivity index (χ1) is 14.2. The SMILES string of the molecule is COc1cccc(C(NP(=O)(c2ccccc2)c2ccccc2)c2ccon2)c1. The molecule has 0 aliphatic heterocycles. The molecule has 29 heavy (non-hydrogen) atoms. The van der Waals surface area contributed by atoms with Gasteiger partial charge in [-0.25, -0.2) is 5.09 Å². The Balaban J connectivity index is 1.84. The van der Waals surface area contributed by atoms with Crippen LogP contribution in [0.1, 0.15) is 17.3 Å². The summed E-state index contributed by atoms with van der Waals surface area (Å²) in [6.45, 7) is 0. The number of nitrogens with one attached hydrogen (secondary N) is 1. The van der Waals surface area contributed by atoms with Crippen molar-refractivity contribution < 1.29 is 13.8 Å². The van der Waals surface area contributed by atoms with E-state index in [2.05, 4.69) is 10.2 Å². The van der Waals surface area contributed by atoms with Crippen molar-refractivity contribution in [3.63, 3.8) is 0 Å². The van der Waals surface area contributed by atoms with Crippen LogP contribution in [-0.4, -0.2) is 12.3 Å². The molecule has 0 spiro atoms. The molecule has 4 rings (SSSR count). The van der Waals surface area contributed by atoms with E-state index in [9.17, 15) is 4.57 Å². The lowest BCUT2D eigenvalue weighted by atomic mass is 10.0. The molecule has 4 aromatic rings. The van der Waals surface area contributed by atoms with Crippen molar-refractivity contribution in [1.82, 2.24) is 10.2 Å². The molecule has 1 atom stereocenters. The standard InChI is InChI=1S/C23H21N2O3P/c1-27-19-10-8-9-18(17-19)23(22-15-16-28-24-22)25-29(26,20-11-4-2-5-12-20)21-13-6-3-7-14-21/h2-17,23H,1H3,(H,25,26). The molecule has 0 amide bonds. The van der Waals surface area contributed by atoms with E-state index in [0.717, 1.165) is 16.2 Å². The van der Waals surface area contributed by atoms with E-state index in [1.807, 2.05) is 84.9 Å². The fourth-order valence-electron chi connectivity index (χ4n) is 3.26. The summed E-state index contributed by atoms with van der Waals surface area (Å²) in [6.07, 6.45) is 1.51. The molecule has 1 heterocycles. The van der Waals surface area contributed by atoms with E-state index in [4.69, 9.17) is 9.26 Å². The normalized spacial score (nSPS) is 12.4. The minimum atomic E-state index is -3.18. The van der Waals surface area contributed by atoms with E-state index >= 15 is 0 Å². The Morgan fingerprint density at radius 3 is 2.10 bits per heavy atom. The number of aromatic nitrogens is 1. The highest BCUT2D eigenvalue weighted by Gasteiger charge is 2.32. The van der Waals surface area contributed by atoms with Crippen molar-refractivity contribution in [2.45, 2.75) is 6.04 Å². The lowest BCUT2D eigenvalue weighted by molar-refractivity contribution is 0.405. The van der Waals surface area contributed by atoms with Gasteiger partial charge in [-0.05, 0) is 42.0 Å². The van der Waals surface area contributed by atoms with Gasteiger partial charge in [0.1, 0.15) is 17.7 Å². The highest BCUT2D eigenvalue weighted by molar-refractivity contribution is 7.76. The Labute approximate surface area is 169 Å². The number of nitrogens with zero attached hydrogens (tertiary/aromatic N) is 1. The topological polar surface area (TPSA) is 64.4 Å². The van der Waals surface area contributed by atoms with Gasteiger partial charge in [-0.15, -0.1) is 0 Å². The summed E-state index contributed by atoms with van der Waals surface area (Å²) in [5.74, 6) is 0.715. The van der Waals surface area contributed by atoms with E-state index in [1.54, 1.807) is 13.2 Å². The molecule has 0 radical (unpaired) electrons. The van der Waals surface area contributed by atoms with Crippen LogP contribution in [0.5, 0.6) is 5.75 Å². The maximum atomic E-state index is 14.4. The maximum Gasteiger partial charge on any atom is 0.205 e. The molecule has 3 aromatic carbocycles. The molecule has 0 aliphatic carbocycles. The van der Waals surface area contributed by atoms with Crippen molar-refractivity contribution in [3.05, 3.63) is 109 Å². The highest BCUT2D eigenvalue weighted by Crippen LogP contribution is 2.43. The molecular weight excluding hydrogens is 383 g/mol. The van der Waals surface area contributed by atoms with Crippen LogP contribution in [0.3, 0.4) is 0 Å². The molecule has 1 unspecified atom stereocenters. The zero-order chi connectivity index (χ0) is 20.1. The van der Waals surface area contributed by atoms with Gasteiger partial charge in [-0.3, -0.25) is 4.57 Å². The summed E-state index contributed by atoms with van der Waals surface area (Å²) in [5, 5.41) is 8.98. The summed E-state index contributed by atoms with van der Waals surface area (Å²) in [7, 11) is -1.56. The van der Waals surface area contributed by atoms with Crippen molar-refractivity contribution in [3.8, 4) is 5.75 Å². The second-order valence-corrected chi connectivity index (χ2v) is 9.05. The van der Waals surface area contributed by atoms with Crippen LogP contribution >= 0.6 is 7.29 Å². The first-order valence-corrected chi connectivity index (χ1v) is 10.9. The van der Waals surface area contributed by atoms with Crippen molar-refractivity contribution in [2.24, 2.45) is 0 Å². The van der Waals surface area contributed by atoms with Crippen LogP contribution in [0.2, 0.25) is 0 Å². The molecule has 5 nitrogen and oxygen atoms in total. The molecular formula is C23H21N2O3P. The first-order valence-electron chi connectivity index (χ1n) is 9.24. The van der Waals surface area contributed by atoms with Crippen LogP contribution in [0.15, 0.2) is 102 Å². The van der Waals surface area contributed by atoms with Crippen LogP contribution in [0, 0.1) is 0 Å². The summed E-state index contributed by atoms with van der Waals surface area (Å²) < 4.78 is 24.9. The Kier molecular flexibility index (Phi) is 5.61. The number of ether oxygens (including phenoxy) is 1. The number of benzene rings is 3. The predicted octanol–water partition coefficient (Wildman–Crippen LogP) is 4.29. The third kappa shape index (κ3) is 4.02. The van der Waals surface area contributed by atoms with Crippen molar-refractivity contribution >= 4 is 17.9 Å². The maximum absolute atomic E-state index is 14.4. The minimum Gasteiger partial charge on any atom is -0.497 e. The van der Waals surface area contributed by atoms with Gasteiger partial charge >= 0.3 is 0 Å². The second kappa shape index (κ2) is 8.48. The Hall–Kier alpha value is -3.14. The predicted molar refractivity (Wildman–Crippen MR) is 114 cm³/mol. The van der Waals surface area contributed by atoms with E-state index < -0.39 is 13.3 Å². The Morgan fingerprint density at radius 2 is 1.55 bits per heavy atom. The third-order valence-electron chi connectivity index (χ3n) is 4.73. The molecule has 0 bridgehead atoms. The monoisotopic (exact) mass is 404 g/mol. The molecule has 1 N–H and O–H groups in total. The van der Waals surface area contributed by atoms with Gasteiger partial charge in [0.15, 0.2) is 0 Å². The molecule has 0 saturated heterocycles. The van der Waals surface area contributed by atoms with Gasteiger partial charge < -0.3 is 9.26 Å². The first kappa shape index (κ1) is 19.2. The average molecular weight is 404 g/mol. The lowest BCUT2D eigenvalue weighted by Gasteiger charge is -2.26. The smallest absolute Gasteiger partial charge is 0.205 e. The Bertz CT molecular complexity index is 1060. The van der Waals surface area contributed by atoms with Crippen molar-refractivity contribution in [1.29, 1.82) is 0 Å². The third-order valence-corrected chi connectivity index (χ3v) is 7.40. The zero-order valence-electron chi connectivity index (χ0n) is 15.9. The summed E-state index contributed by atoms with van der Waals surface area (Å²) in [6, 6.07) is 27.9. The van der Waals surface area contributed by atoms with Crippen molar-refractivity contribution in [2.75, 3.05) is 7.11 Å². The molecule has 0 fully saturated rings. The van der Waals surface area contributed by atoms with E-state index in [0.29, 0.717) is 11.4 Å². The molecule has 0 aliphatic rings. The molecule has 6 heteroatoms. The number of rotatable bonds is 7. The summed E-state index contributed by atoms with van der Waals surface area (Å²) in [4.78, 5) is 0. The largest absolute Gasteiger partial charge is 0.497 e. The number of hydrogen-bond donors (Lipinski definition) is 1. The van der Waals surface area contributed by atoms with E-state index in [1.165, 1.54) is 6.26 Å². The molecule has 0 saturated carbocycles. The van der Waals surface area contributed by atoms with Gasteiger partial charge in [0, 0.05) is 16.7 Å². The van der Waals surface area contributed by atoms with Gasteiger partial charge in [-0.1, -0.05) is 53.7 Å². The average Bonchev–Trinajstić information content (AvgIpc) is 3.33. The van der Waals surface area contributed by atoms with Crippen LogP contribution < -0.4 is 20.4 Å². The van der Waals surface area contributed by atoms with Gasteiger partial charge in [-0.2, -0.15) is 0 Å². The highest BCUT2D eigenvalue weighted by atomic mass is 31.2. The summed E-state index contributed by atoms with van der Waals surface area (Å²) in [5.41, 5.74) is 1.52. The number of methoxy groups -OCH3 is 1. The van der Waals surface area contributed by atoms with Gasteiger partial charge in [0.2, 0.25) is 7.29 Å². The van der Waals surface area contributed by atoms with E-state index in [-0.39, 0.29) is 0 Å². The van der Waals surface area contributed by atoms with Crippen LogP contribution in [0.4, 0.5) is 0 Å². The Morgan fingerprint density at radius 1 is 0.897 bits per heavy atom. The summed E-state index contributed by atoms with van der Waals surface area (Å²) >= 11 is 0. The van der Waals surface area contributed by atoms with Gasteiger partial charge in [0.25, 0.3) is 0 Å². The quantitative estimate of drug-likeness (QED) is 0.466. The van der Waals surface area contributed by atoms with Crippen LogP contribution in [0.25, 0.3) is 0 Å². The second-order valence-electron chi connectivity index (χ2n) is 6.54. The van der Waals surface area contributed by atoms with Gasteiger partial charge in [0.05, 0.1) is 13.2 Å². The lowest BCUT2D eigenvalue weighted by Crippen LogP contribution is -2.31. The molecule has 146 valence electrons. The minimum absolute atomic E-state index is 0.449. The fourth-order valence-corrected chi connectivity index (χ4v) is 5.68. The molecule has 1 aromatic heterocycles. The number of hydrogen-bond acceptors (Lipinski definition) is 4.